The van der Waals surface area contributed by atoms with Crippen LogP contribution in [0.1, 0.15) is 39.5 Å². The van der Waals surface area contributed by atoms with E-state index in [9.17, 15) is 5.11 Å². The summed E-state index contributed by atoms with van der Waals surface area (Å²) in [7, 11) is -1.38. The van der Waals surface area contributed by atoms with Gasteiger partial charge in [0.2, 0.25) is 0 Å². The van der Waals surface area contributed by atoms with Gasteiger partial charge in [-0.2, -0.15) is 0 Å². The maximum atomic E-state index is 10.1. The molecule has 74 valence electrons. The lowest BCUT2D eigenvalue weighted by molar-refractivity contribution is 0.122. The van der Waals surface area contributed by atoms with Gasteiger partial charge in [0.25, 0.3) is 0 Å². The SMILES string of the molecule is CCCCC[C@](C)(O)[Si](C)(C)C. The number of hydrogen-bond acceptors (Lipinski definition) is 1. The lowest BCUT2D eigenvalue weighted by Crippen LogP contribution is -2.49. The topological polar surface area (TPSA) is 20.2 Å². The maximum Gasteiger partial charge on any atom is 0.0817 e. The van der Waals surface area contributed by atoms with Gasteiger partial charge in [-0.3, -0.25) is 0 Å². The van der Waals surface area contributed by atoms with E-state index in [0.29, 0.717) is 0 Å². The highest BCUT2D eigenvalue weighted by atomic mass is 28.3. The van der Waals surface area contributed by atoms with Crippen LogP contribution in [-0.4, -0.2) is 18.4 Å². The second-order valence-electron chi connectivity index (χ2n) is 4.98. The summed E-state index contributed by atoms with van der Waals surface area (Å²) in [5.41, 5.74) is 0. The molecule has 1 nitrogen and oxygen atoms in total. The fraction of sp³-hybridized carbons (Fsp3) is 1.00. The monoisotopic (exact) mass is 188 g/mol. The average molecular weight is 188 g/mol. The molecule has 0 fully saturated rings. The lowest BCUT2D eigenvalue weighted by atomic mass is 10.1. The van der Waals surface area contributed by atoms with Crippen molar-refractivity contribution in [2.45, 2.75) is 64.4 Å². The van der Waals surface area contributed by atoms with Crippen LogP contribution < -0.4 is 0 Å². The third-order valence-corrected chi connectivity index (χ3v) is 6.36. The van der Waals surface area contributed by atoms with Gasteiger partial charge in [0, 0.05) is 0 Å². The molecule has 0 aromatic carbocycles. The lowest BCUT2D eigenvalue weighted by Gasteiger charge is -2.35. The van der Waals surface area contributed by atoms with Gasteiger partial charge in [0.15, 0.2) is 0 Å². The van der Waals surface area contributed by atoms with E-state index >= 15 is 0 Å². The predicted molar refractivity (Wildman–Crippen MR) is 58.1 cm³/mol. The molecule has 0 radical (unpaired) electrons. The van der Waals surface area contributed by atoms with Crippen molar-refractivity contribution in [1.82, 2.24) is 0 Å². The van der Waals surface area contributed by atoms with E-state index in [1.807, 2.05) is 6.92 Å². The van der Waals surface area contributed by atoms with Crippen molar-refractivity contribution in [3.63, 3.8) is 0 Å². The Morgan fingerprint density at radius 2 is 1.67 bits per heavy atom. The van der Waals surface area contributed by atoms with Crippen LogP contribution >= 0.6 is 0 Å². The highest BCUT2D eigenvalue weighted by Gasteiger charge is 2.36. The van der Waals surface area contributed by atoms with Crippen LogP contribution in [-0.2, 0) is 0 Å². The zero-order valence-electron chi connectivity index (χ0n) is 9.28. The molecule has 0 rings (SSSR count). The Labute approximate surface area is 78.2 Å². The molecule has 0 heterocycles. The van der Waals surface area contributed by atoms with Gasteiger partial charge in [0.1, 0.15) is 0 Å². The number of aliphatic hydroxyl groups is 1. The first kappa shape index (κ1) is 12.2. The molecule has 0 unspecified atom stereocenters. The highest BCUT2D eigenvalue weighted by molar-refractivity contribution is 6.78. The molecular weight excluding hydrogens is 164 g/mol. The molecule has 0 amide bonds. The van der Waals surface area contributed by atoms with Crippen LogP contribution in [0.2, 0.25) is 19.6 Å². The predicted octanol–water partition coefficient (Wildman–Crippen LogP) is 3.20. The summed E-state index contributed by atoms with van der Waals surface area (Å²) in [5, 5.41) is 9.77. The summed E-state index contributed by atoms with van der Waals surface area (Å²) in [6.45, 7) is 10.9. The van der Waals surface area contributed by atoms with Crippen molar-refractivity contribution in [1.29, 1.82) is 0 Å². The standard InChI is InChI=1S/C10H24OSi/c1-6-7-8-9-10(2,11)12(3,4)5/h11H,6-9H2,1-5H3/t10-/m1/s1. The maximum absolute atomic E-state index is 10.1. The Bertz CT molecular complexity index is 124. The molecule has 0 saturated carbocycles. The smallest absolute Gasteiger partial charge is 0.0817 e. The van der Waals surface area contributed by atoms with Crippen LogP contribution in [0.3, 0.4) is 0 Å². The van der Waals surface area contributed by atoms with Crippen molar-refractivity contribution in [2.24, 2.45) is 0 Å². The molecule has 0 aliphatic carbocycles. The van der Waals surface area contributed by atoms with E-state index in [2.05, 4.69) is 26.6 Å². The highest BCUT2D eigenvalue weighted by Crippen LogP contribution is 2.25. The van der Waals surface area contributed by atoms with Gasteiger partial charge in [-0.05, 0) is 13.3 Å². The minimum Gasteiger partial charge on any atom is -0.394 e. The minimum atomic E-state index is -1.38. The Kier molecular flexibility index (Phi) is 4.49. The van der Waals surface area contributed by atoms with Crippen molar-refractivity contribution in [2.75, 3.05) is 0 Å². The van der Waals surface area contributed by atoms with Crippen molar-refractivity contribution in [3.8, 4) is 0 Å². The molecule has 1 N–H and O–H groups in total. The summed E-state index contributed by atoms with van der Waals surface area (Å²) in [4.78, 5) is 0. The van der Waals surface area contributed by atoms with Crippen molar-refractivity contribution in [3.05, 3.63) is 0 Å². The van der Waals surface area contributed by atoms with Gasteiger partial charge in [-0.25, -0.2) is 0 Å². The number of hydrogen-bond donors (Lipinski definition) is 1. The molecule has 0 spiro atoms. The largest absolute Gasteiger partial charge is 0.394 e. The molecule has 0 saturated heterocycles. The first-order valence-corrected chi connectivity index (χ1v) is 8.53. The molecule has 2 heteroatoms. The zero-order chi connectivity index (χ0) is 9.83. The van der Waals surface area contributed by atoms with Crippen LogP contribution in [0.25, 0.3) is 0 Å². The fourth-order valence-electron chi connectivity index (χ4n) is 1.09. The van der Waals surface area contributed by atoms with Crippen LogP contribution in [0.5, 0.6) is 0 Å². The van der Waals surface area contributed by atoms with Crippen molar-refractivity contribution >= 4 is 8.07 Å². The summed E-state index contributed by atoms with van der Waals surface area (Å²) < 4.78 is 0. The van der Waals surface area contributed by atoms with Gasteiger partial charge in [0.05, 0.1) is 13.3 Å². The summed E-state index contributed by atoms with van der Waals surface area (Å²) >= 11 is 0. The molecular formula is C10H24OSi. The van der Waals surface area contributed by atoms with Crippen LogP contribution in [0.4, 0.5) is 0 Å². The first-order valence-electron chi connectivity index (χ1n) is 5.03. The van der Waals surface area contributed by atoms with Gasteiger partial charge < -0.3 is 5.11 Å². The molecule has 0 aromatic rings. The quantitative estimate of drug-likeness (QED) is 0.519. The number of unbranched alkanes of at least 4 members (excludes halogenated alkanes) is 2. The normalized spacial score (nSPS) is 17.5. The van der Waals surface area contributed by atoms with E-state index in [-0.39, 0.29) is 5.22 Å². The van der Waals surface area contributed by atoms with Gasteiger partial charge >= 0.3 is 0 Å². The second kappa shape index (κ2) is 4.42. The van der Waals surface area contributed by atoms with E-state index in [0.717, 1.165) is 6.42 Å². The van der Waals surface area contributed by atoms with E-state index in [1.54, 1.807) is 0 Å². The van der Waals surface area contributed by atoms with Crippen LogP contribution in [0, 0.1) is 0 Å². The van der Waals surface area contributed by atoms with Gasteiger partial charge in [-0.15, -0.1) is 0 Å². The molecule has 0 aromatic heterocycles. The van der Waals surface area contributed by atoms with E-state index in [1.165, 1.54) is 19.3 Å². The molecule has 0 aliphatic heterocycles. The third kappa shape index (κ3) is 3.72. The van der Waals surface area contributed by atoms with E-state index < -0.39 is 8.07 Å². The Balaban J connectivity index is 3.88. The molecule has 12 heavy (non-hydrogen) atoms. The summed E-state index contributed by atoms with van der Waals surface area (Å²) in [6.07, 6.45) is 4.65. The fourth-order valence-corrected chi connectivity index (χ4v) is 2.02. The van der Waals surface area contributed by atoms with Crippen LogP contribution in [0.15, 0.2) is 0 Å². The molecule has 1 atom stereocenters. The number of rotatable bonds is 5. The van der Waals surface area contributed by atoms with Gasteiger partial charge in [-0.1, -0.05) is 45.8 Å². The minimum absolute atomic E-state index is 0.373. The zero-order valence-corrected chi connectivity index (χ0v) is 10.3. The Morgan fingerprint density at radius 1 is 1.17 bits per heavy atom. The summed E-state index contributed by atoms with van der Waals surface area (Å²) in [5.74, 6) is 0. The average Bonchev–Trinajstić information content (AvgIpc) is 1.85. The Morgan fingerprint density at radius 3 is 2.00 bits per heavy atom. The first-order chi connectivity index (χ1) is 5.31. The molecule has 0 aliphatic rings. The Hall–Kier alpha value is 0.177. The third-order valence-electron chi connectivity index (χ3n) is 2.88. The second-order valence-corrected chi connectivity index (χ2v) is 10.6. The summed E-state index contributed by atoms with van der Waals surface area (Å²) in [6, 6.07) is 0. The molecule has 0 bridgehead atoms. The van der Waals surface area contributed by atoms with Crippen molar-refractivity contribution < 1.29 is 5.11 Å². The van der Waals surface area contributed by atoms with E-state index in [4.69, 9.17) is 0 Å².